The molecule has 0 aliphatic heterocycles. The lowest BCUT2D eigenvalue weighted by molar-refractivity contribution is -0.142. The number of carboxylic acid groups (broad SMARTS) is 1. The molecule has 22 heavy (non-hydrogen) atoms. The second-order valence-corrected chi connectivity index (χ2v) is 5.85. The topological polar surface area (TPSA) is 75.6 Å². The maximum absolute atomic E-state index is 12.4. The second-order valence-electron chi connectivity index (χ2n) is 5.85. The van der Waals surface area contributed by atoms with Crippen LogP contribution in [0.4, 0.5) is 0 Å². The maximum Gasteiger partial charge on any atom is 0.308 e. The molecule has 2 rings (SSSR count). The molecule has 0 spiro atoms. The Morgan fingerprint density at radius 1 is 1.23 bits per heavy atom. The summed E-state index contributed by atoms with van der Waals surface area (Å²) in [5.41, 5.74) is 1.45. The average molecular weight is 305 g/mol. The van der Waals surface area contributed by atoms with Gasteiger partial charge in [0, 0.05) is 11.6 Å². The molecule has 1 amide bonds. The molecular weight excluding hydrogens is 282 g/mol. The van der Waals surface area contributed by atoms with E-state index < -0.39 is 11.9 Å². The Kier molecular flexibility index (Phi) is 5.41. The van der Waals surface area contributed by atoms with Crippen LogP contribution in [0.25, 0.3) is 0 Å². The minimum Gasteiger partial charge on any atom is -0.496 e. The fourth-order valence-corrected chi connectivity index (χ4v) is 2.99. The fraction of sp³-hybridized carbons (Fsp3) is 0.529. The highest BCUT2D eigenvalue weighted by molar-refractivity contribution is 5.95. The molecule has 0 saturated heterocycles. The second kappa shape index (κ2) is 7.29. The van der Waals surface area contributed by atoms with Gasteiger partial charge in [-0.25, -0.2) is 0 Å². The number of aliphatic carboxylic acids is 1. The number of rotatable bonds is 4. The maximum atomic E-state index is 12.4. The van der Waals surface area contributed by atoms with Crippen molar-refractivity contribution in [3.8, 4) is 5.75 Å². The lowest BCUT2D eigenvalue weighted by Crippen LogP contribution is -2.42. The van der Waals surface area contributed by atoms with Crippen molar-refractivity contribution in [1.29, 1.82) is 0 Å². The van der Waals surface area contributed by atoms with Crippen molar-refractivity contribution in [2.75, 3.05) is 7.11 Å². The Morgan fingerprint density at radius 3 is 2.64 bits per heavy atom. The van der Waals surface area contributed by atoms with E-state index in [2.05, 4.69) is 5.32 Å². The van der Waals surface area contributed by atoms with E-state index in [-0.39, 0.29) is 11.9 Å². The van der Waals surface area contributed by atoms with Crippen LogP contribution in [0, 0.1) is 12.8 Å². The number of ether oxygens (including phenoxy) is 1. The first-order valence-electron chi connectivity index (χ1n) is 7.71. The van der Waals surface area contributed by atoms with Crippen molar-refractivity contribution in [3.63, 3.8) is 0 Å². The van der Waals surface area contributed by atoms with Crippen molar-refractivity contribution < 1.29 is 19.4 Å². The predicted molar refractivity (Wildman–Crippen MR) is 83.2 cm³/mol. The lowest BCUT2D eigenvalue weighted by Gasteiger charge is -2.23. The van der Waals surface area contributed by atoms with Crippen molar-refractivity contribution in [2.24, 2.45) is 5.92 Å². The van der Waals surface area contributed by atoms with Crippen molar-refractivity contribution in [3.05, 3.63) is 29.3 Å². The Labute approximate surface area is 130 Å². The minimum absolute atomic E-state index is 0.239. The number of amides is 1. The van der Waals surface area contributed by atoms with Gasteiger partial charge < -0.3 is 15.2 Å². The molecule has 120 valence electrons. The van der Waals surface area contributed by atoms with Crippen LogP contribution in [-0.4, -0.2) is 30.1 Å². The zero-order valence-corrected chi connectivity index (χ0v) is 13.1. The number of hydrogen-bond donors (Lipinski definition) is 2. The van der Waals surface area contributed by atoms with Crippen molar-refractivity contribution in [1.82, 2.24) is 5.32 Å². The molecule has 0 radical (unpaired) electrons. The molecule has 5 nitrogen and oxygen atoms in total. The zero-order valence-electron chi connectivity index (χ0n) is 13.1. The first kappa shape index (κ1) is 16.3. The van der Waals surface area contributed by atoms with E-state index in [0.717, 1.165) is 24.8 Å². The molecule has 1 aliphatic carbocycles. The molecule has 1 aliphatic rings. The van der Waals surface area contributed by atoms with Gasteiger partial charge in [0.25, 0.3) is 5.91 Å². The van der Waals surface area contributed by atoms with Crippen LogP contribution in [0.15, 0.2) is 18.2 Å². The van der Waals surface area contributed by atoms with Crippen molar-refractivity contribution >= 4 is 11.9 Å². The summed E-state index contributed by atoms with van der Waals surface area (Å²) < 4.78 is 5.23. The number of aryl methyl sites for hydroxylation is 1. The number of nitrogens with one attached hydrogen (secondary N) is 1. The third-order valence-corrected chi connectivity index (χ3v) is 4.32. The van der Waals surface area contributed by atoms with E-state index in [1.807, 2.05) is 13.0 Å². The molecule has 0 unspecified atom stereocenters. The zero-order chi connectivity index (χ0) is 16.1. The molecule has 0 bridgehead atoms. The molecule has 2 atom stereocenters. The molecule has 5 heteroatoms. The lowest BCUT2D eigenvalue weighted by atomic mass is 9.94. The standard InChI is InChI=1S/C17H23NO4/c1-11-8-9-12(10-15(11)22-2)16(19)18-14-7-5-3-4-6-13(14)17(20)21/h8-10,13-14H,3-7H2,1-2H3,(H,18,19)(H,20,21)/t13-,14+/m1/s1. The summed E-state index contributed by atoms with van der Waals surface area (Å²) in [5.74, 6) is -0.910. The molecule has 1 fully saturated rings. The van der Waals surface area contributed by atoms with Gasteiger partial charge in [-0.15, -0.1) is 0 Å². The highest BCUT2D eigenvalue weighted by atomic mass is 16.5. The number of carboxylic acids is 1. The van der Waals surface area contributed by atoms with Gasteiger partial charge in [0.1, 0.15) is 5.75 Å². The van der Waals surface area contributed by atoms with Crippen LogP contribution in [0.1, 0.15) is 48.0 Å². The van der Waals surface area contributed by atoms with Crippen LogP contribution < -0.4 is 10.1 Å². The molecular formula is C17H23NO4. The summed E-state index contributed by atoms with van der Waals surface area (Å²) in [4.78, 5) is 23.8. The van der Waals surface area contributed by atoms with E-state index in [4.69, 9.17) is 4.74 Å². The van der Waals surface area contributed by atoms with E-state index >= 15 is 0 Å². The number of carbonyl (C=O) groups excluding carboxylic acids is 1. The molecule has 2 N–H and O–H groups in total. The Balaban J connectivity index is 2.13. The summed E-state index contributed by atoms with van der Waals surface area (Å²) in [6.07, 6.45) is 4.21. The van der Waals surface area contributed by atoms with Crippen molar-refractivity contribution in [2.45, 2.75) is 45.1 Å². The highest BCUT2D eigenvalue weighted by Crippen LogP contribution is 2.25. The third kappa shape index (κ3) is 3.78. The Morgan fingerprint density at radius 2 is 1.95 bits per heavy atom. The van der Waals surface area contributed by atoms with Gasteiger partial charge in [-0.2, -0.15) is 0 Å². The van der Waals surface area contributed by atoms with Gasteiger partial charge in [0.15, 0.2) is 0 Å². The van der Waals surface area contributed by atoms with E-state index in [1.165, 1.54) is 0 Å². The summed E-state index contributed by atoms with van der Waals surface area (Å²) in [7, 11) is 1.57. The van der Waals surface area contributed by atoms with E-state index in [0.29, 0.717) is 24.2 Å². The van der Waals surface area contributed by atoms with E-state index in [1.54, 1.807) is 19.2 Å². The summed E-state index contributed by atoms with van der Waals surface area (Å²) >= 11 is 0. The Bertz CT molecular complexity index is 556. The molecule has 1 aromatic carbocycles. The van der Waals surface area contributed by atoms with Gasteiger partial charge in [0.2, 0.25) is 0 Å². The number of methoxy groups -OCH3 is 1. The minimum atomic E-state index is -0.825. The molecule has 1 aromatic rings. The van der Waals surface area contributed by atoms with Crippen LogP contribution in [0.2, 0.25) is 0 Å². The summed E-state index contributed by atoms with van der Waals surface area (Å²) in [5, 5.41) is 12.3. The first-order chi connectivity index (χ1) is 10.5. The summed E-state index contributed by atoms with van der Waals surface area (Å²) in [6.45, 7) is 1.91. The monoisotopic (exact) mass is 305 g/mol. The fourth-order valence-electron chi connectivity index (χ4n) is 2.99. The van der Waals surface area contributed by atoms with Gasteiger partial charge >= 0.3 is 5.97 Å². The van der Waals surface area contributed by atoms with Crippen LogP contribution >= 0.6 is 0 Å². The number of hydrogen-bond acceptors (Lipinski definition) is 3. The van der Waals surface area contributed by atoms with Crippen LogP contribution in [0.3, 0.4) is 0 Å². The van der Waals surface area contributed by atoms with Crippen LogP contribution in [-0.2, 0) is 4.79 Å². The molecule has 0 heterocycles. The van der Waals surface area contributed by atoms with Gasteiger partial charge in [-0.3, -0.25) is 9.59 Å². The van der Waals surface area contributed by atoms with Crippen LogP contribution in [0.5, 0.6) is 5.75 Å². The normalized spacial score (nSPS) is 21.7. The molecule has 0 aromatic heterocycles. The van der Waals surface area contributed by atoms with Gasteiger partial charge in [-0.1, -0.05) is 25.3 Å². The Hall–Kier alpha value is -2.04. The van der Waals surface area contributed by atoms with Gasteiger partial charge in [0.05, 0.1) is 13.0 Å². The highest BCUT2D eigenvalue weighted by Gasteiger charge is 2.30. The predicted octanol–water partition coefficient (Wildman–Crippen LogP) is 2.77. The third-order valence-electron chi connectivity index (χ3n) is 4.32. The quantitative estimate of drug-likeness (QED) is 0.839. The van der Waals surface area contributed by atoms with Gasteiger partial charge in [-0.05, 0) is 37.5 Å². The molecule has 1 saturated carbocycles. The SMILES string of the molecule is COc1cc(C(=O)N[C@H]2CCCCC[C@H]2C(=O)O)ccc1C. The largest absolute Gasteiger partial charge is 0.496 e. The van der Waals surface area contributed by atoms with E-state index in [9.17, 15) is 14.7 Å². The number of carbonyl (C=O) groups is 2. The number of benzene rings is 1. The summed E-state index contributed by atoms with van der Waals surface area (Å²) in [6, 6.07) is 4.95. The average Bonchev–Trinajstić information content (AvgIpc) is 2.73. The first-order valence-corrected chi connectivity index (χ1v) is 7.71. The smallest absolute Gasteiger partial charge is 0.308 e.